The lowest BCUT2D eigenvalue weighted by molar-refractivity contribution is -0.384. The van der Waals surface area contributed by atoms with Crippen LogP contribution in [0.2, 0.25) is 0 Å². The largest absolute Gasteiger partial charge is 0.495 e. The van der Waals surface area contributed by atoms with Crippen molar-refractivity contribution < 1.29 is 14.4 Å². The van der Waals surface area contributed by atoms with Gasteiger partial charge in [0, 0.05) is 25.3 Å². The topological polar surface area (TPSA) is 73.6 Å². The van der Waals surface area contributed by atoms with Gasteiger partial charge in [0.15, 0.2) is 0 Å². The van der Waals surface area contributed by atoms with Crippen molar-refractivity contribution in [2.75, 3.05) is 19.5 Å². The minimum atomic E-state index is -0.413. The highest BCUT2D eigenvalue weighted by atomic mass is 16.6. The van der Waals surface area contributed by atoms with Crippen LogP contribution in [0.3, 0.4) is 0 Å². The van der Waals surface area contributed by atoms with E-state index in [1.54, 1.807) is 20.3 Å². The van der Waals surface area contributed by atoms with E-state index in [2.05, 4.69) is 5.32 Å². The first-order valence-corrected chi connectivity index (χ1v) is 5.75. The molecule has 6 heteroatoms. The molecule has 0 heterocycles. The Labute approximate surface area is 105 Å². The number of non-ortho nitro benzene ring substituents is 1. The molecule has 0 atom stereocenters. The molecule has 1 aromatic carbocycles. The third kappa shape index (κ3) is 2.53. The van der Waals surface area contributed by atoms with Gasteiger partial charge < -0.3 is 14.8 Å². The third-order valence-corrected chi connectivity index (χ3v) is 3.18. The van der Waals surface area contributed by atoms with Crippen LogP contribution in [0.4, 0.5) is 11.4 Å². The molecule has 0 aromatic heterocycles. The fourth-order valence-electron chi connectivity index (χ4n) is 2.02. The Kier molecular flexibility index (Phi) is 3.66. The molecule has 0 saturated heterocycles. The van der Waals surface area contributed by atoms with E-state index in [9.17, 15) is 10.1 Å². The van der Waals surface area contributed by atoms with Crippen LogP contribution in [0.25, 0.3) is 0 Å². The first-order chi connectivity index (χ1) is 8.63. The number of nitrogens with one attached hydrogen (secondary N) is 1. The molecule has 1 aliphatic carbocycles. The number of rotatable bonds is 5. The van der Waals surface area contributed by atoms with Crippen molar-refractivity contribution in [3.63, 3.8) is 0 Å². The maximum atomic E-state index is 10.7. The molecule has 1 fully saturated rings. The highest BCUT2D eigenvalue weighted by Gasteiger charge is 2.29. The average Bonchev–Trinajstić information content (AvgIpc) is 2.32. The number of benzene rings is 1. The molecular formula is C12H16N2O4. The van der Waals surface area contributed by atoms with Crippen molar-refractivity contribution >= 4 is 11.4 Å². The molecule has 0 aliphatic heterocycles. The van der Waals surface area contributed by atoms with Gasteiger partial charge in [-0.25, -0.2) is 0 Å². The van der Waals surface area contributed by atoms with Crippen LogP contribution in [-0.2, 0) is 4.74 Å². The number of methoxy groups -OCH3 is 2. The number of ether oxygens (including phenoxy) is 2. The van der Waals surface area contributed by atoms with Crippen molar-refractivity contribution in [3.05, 3.63) is 28.3 Å². The Morgan fingerprint density at radius 2 is 2.11 bits per heavy atom. The summed E-state index contributed by atoms with van der Waals surface area (Å²) >= 11 is 0. The molecule has 1 aromatic rings. The van der Waals surface area contributed by atoms with Crippen molar-refractivity contribution in [2.45, 2.75) is 25.0 Å². The first kappa shape index (κ1) is 12.6. The molecule has 0 bridgehead atoms. The zero-order valence-electron chi connectivity index (χ0n) is 10.4. The van der Waals surface area contributed by atoms with Crippen LogP contribution >= 0.6 is 0 Å². The van der Waals surface area contributed by atoms with Gasteiger partial charge in [0.25, 0.3) is 5.69 Å². The van der Waals surface area contributed by atoms with Gasteiger partial charge in [0.05, 0.1) is 23.8 Å². The second kappa shape index (κ2) is 5.22. The molecule has 2 rings (SSSR count). The molecule has 18 heavy (non-hydrogen) atoms. The SMILES string of the molecule is COc1ccc([N+](=O)[O-])cc1NC1CC(OC)C1. The first-order valence-electron chi connectivity index (χ1n) is 5.75. The quantitative estimate of drug-likeness (QED) is 0.642. The molecule has 1 saturated carbocycles. The summed E-state index contributed by atoms with van der Waals surface area (Å²) < 4.78 is 10.4. The Morgan fingerprint density at radius 3 is 2.67 bits per heavy atom. The minimum Gasteiger partial charge on any atom is -0.495 e. The van der Waals surface area contributed by atoms with Gasteiger partial charge in [0.2, 0.25) is 0 Å². The van der Waals surface area contributed by atoms with Gasteiger partial charge in [-0.2, -0.15) is 0 Å². The summed E-state index contributed by atoms with van der Waals surface area (Å²) in [6.07, 6.45) is 2.09. The van der Waals surface area contributed by atoms with Crippen LogP contribution in [0.1, 0.15) is 12.8 Å². The minimum absolute atomic E-state index is 0.0564. The maximum Gasteiger partial charge on any atom is 0.271 e. The standard InChI is InChI=1S/C12H16N2O4/c1-17-10-5-8(6-10)13-11-7-9(14(15)16)3-4-12(11)18-2/h3-4,7-8,10,13H,5-6H2,1-2H3. The Morgan fingerprint density at radius 1 is 1.39 bits per heavy atom. The van der Waals surface area contributed by atoms with E-state index in [1.807, 2.05) is 0 Å². The lowest BCUT2D eigenvalue weighted by Crippen LogP contribution is -2.40. The fraction of sp³-hybridized carbons (Fsp3) is 0.500. The van der Waals surface area contributed by atoms with Gasteiger partial charge in [0.1, 0.15) is 5.75 Å². The highest BCUT2D eigenvalue weighted by Crippen LogP contribution is 2.33. The molecule has 1 N–H and O–H groups in total. The van der Waals surface area contributed by atoms with E-state index in [0.717, 1.165) is 12.8 Å². The van der Waals surface area contributed by atoms with E-state index in [0.29, 0.717) is 11.4 Å². The smallest absolute Gasteiger partial charge is 0.271 e. The number of anilines is 1. The van der Waals surface area contributed by atoms with E-state index in [-0.39, 0.29) is 17.8 Å². The molecule has 0 radical (unpaired) electrons. The summed E-state index contributed by atoms with van der Waals surface area (Å²) in [6.45, 7) is 0. The molecule has 0 unspecified atom stereocenters. The molecular weight excluding hydrogens is 236 g/mol. The number of nitro groups is 1. The summed E-state index contributed by atoms with van der Waals surface area (Å²) in [6, 6.07) is 4.82. The summed E-state index contributed by atoms with van der Waals surface area (Å²) in [5, 5.41) is 14.0. The van der Waals surface area contributed by atoms with E-state index in [1.165, 1.54) is 12.1 Å². The normalized spacial score (nSPS) is 22.1. The van der Waals surface area contributed by atoms with Gasteiger partial charge in [-0.1, -0.05) is 0 Å². The average molecular weight is 252 g/mol. The molecule has 1 aliphatic rings. The molecule has 0 amide bonds. The number of nitro benzene ring substituents is 1. The van der Waals surface area contributed by atoms with Crippen molar-refractivity contribution in [1.82, 2.24) is 0 Å². The lowest BCUT2D eigenvalue weighted by atomic mass is 9.89. The highest BCUT2D eigenvalue weighted by molar-refractivity contribution is 5.62. The van der Waals surface area contributed by atoms with Crippen LogP contribution < -0.4 is 10.1 Å². The van der Waals surface area contributed by atoms with Gasteiger partial charge in [-0.15, -0.1) is 0 Å². The summed E-state index contributed by atoms with van der Waals surface area (Å²) in [5.74, 6) is 0.612. The maximum absolute atomic E-state index is 10.7. The Bertz CT molecular complexity index is 444. The van der Waals surface area contributed by atoms with Crippen LogP contribution in [0.15, 0.2) is 18.2 Å². The zero-order valence-corrected chi connectivity index (χ0v) is 10.4. The summed E-state index contributed by atoms with van der Waals surface area (Å²) in [4.78, 5) is 10.3. The second-order valence-corrected chi connectivity index (χ2v) is 4.31. The Hall–Kier alpha value is -1.82. The van der Waals surface area contributed by atoms with Gasteiger partial charge in [-0.3, -0.25) is 10.1 Å². The van der Waals surface area contributed by atoms with Crippen LogP contribution in [0, 0.1) is 10.1 Å². The lowest BCUT2D eigenvalue weighted by Gasteiger charge is -2.35. The number of nitrogens with zero attached hydrogens (tertiary/aromatic N) is 1. The third-order valence-electron chi connectivity index (χ3n) is 3.18. The monoisotopic (exact) mass is 252 g/mol. The second-order valence-electron chi connectivity index (χ2n) is 4.31. The van der Waals surface area contributed by atoms with E-state index < -0.39 is 4.92 Å². The van der Waals surface area contributed by atoms with Crippen molar-refractivity contribution in [1.29, 1.82) is 0 Å². The van der Waals surface area contributed by atoms with Crippen molar-refractivity contribution in [2.24, 2.45) is 0 Å². The van der Waals surface area contributed by atoms with Gasteiger partial charge >= 0.3 is 0 Å². The molecule has 0 spiro atoms. The zero-order chi connectivity index (χ0) is 13.1. The van der Waals surface area contributed by atoms with Crippen molar-refractivity contribution in [3.8, 4) is 5.75 Å². The number of hydrogen-bond acceptors (Lipinski definition) is 5. The van der Waals surface area contributed by atoms with E-state index >= 15 is 0 Å². The Balaban J connectivity index is 2.10. The predicted molar refractivity (Wildman–Crippen MR) is 67.1 cm³/mol. The van der Waals surface area contributed by atoms with Crippen LogP contribution in [-0.4, -0.2) is 31.3 Å². The fourth-order valence-corrected chi connectivity index (χ4v) is 2.02. The van der Waals surface area contributed by atoms with Gasteiger partial charge in [-0.05, 0) is 18.9 Å². The predicted octanol–water partition coefficient (Wildman–Crippen LogP) is 2.19. The molecule has 6 nitrogen and oxygen atoms in total. The summed E-state index contributed by atoms with van der Waals surface area (Å²) in [5.41, 5.74) is 0.715. The molecule has 98 valence electrons. The van der Waals surface area contributed by atoms with Crippen LogP contribution in [0.5, 0.6) is 5.75 Å². The van der Waals surface area contributed by atoms with E-state index in [4.69, 9.17) is 9.47 Å². The summed E-state index contributed by atoms with van der Waals surface area (Å²) in [7, 11) is 3.24. The number of hydrogen-bond donors (Lipinski definition) is 1.